The number of primary amides is 1. The molecular formula is C16H18BrN3O3S2. The number of hydrogen-bond acceptors (Lipinski definition) is 5. The molecule has 1 saturated heterocycles. The second kappa shape index (κ2) is 7.53. The topological polar surface area (TPSA) is 93.4 Å². The number of benzene rings is 1. The van der Waals surface area contributed by atoms with Crippen molar-refractivity contribution in [1.29, 1.82) is 0 Å². The summed E-state index contributed by atoms with van der Waals surface area (Å²) in [6, 6.07) is 7.59. The van der Waals surface area contributed by atoms with Gasteiger partial charge in [0.05, 0.1) is 0 Å². The molecule has 0 radical (unpaired) electrons. The lowest BCUT2D eigenvalue weighted by Crippen LogP contribution is -2.39. The maximum absolute atomic E-state index is 12.8. The van der Waals surface area contributed by atoms with E-state index in [9.17, 15) is 13.2 Å². The molecule has 0 bridgehead atoms. The predicted octanol–water partition coefficient (Wildman–Crippen LogP) is 2.85. The highest BCUT2D eigenvalue weighted by molar-refractivity contribution is 9.10. The molecule has 9 heteroatoms. The number of nitrogens with zero attached hydrogens (tertiary/aromatic N) is 2. The van der Waals surface area contributed by atoms with Gasteiger partial charge in [-0.3, -0.25) is 4.79 Å². The number of rotatable bonds is 5. The Hall–Kier alpha value is -1.29. The van der Waals surface area contributed by atoms with E-state index in [4.69, 9.17) is 5.73 Å². The van der Waals surface area contributed by atoms with Crippen molar-refractivity contribution in [3.63, 3.8) is 0 Å². The quantitative estimate of drug-likeness (QED) is 0.768. The van der Waals surface area contributed by atoms with Crippen LogP contribution in [0, 0.1) is 5.92 Å². The molecule has 2 heterocycles. The van der Waals surface area contributed by atoms with Crippen LogP contribution in [0.4, 0.5) is 0 Å². The molecule has 2 N–H and O–H groups in total. The summed E-state index contributed by atoms with van der Waals surface area (Å²) >= 11 is 4.69. The van der Waals surface area contributed by atoms with Gasteiger partial charge in [-0.25, -0.2) is 13.4 Å². The zero-order valence-electron chi connectivity index (χ0n) is 13.4. The predicted molar refractivity (Wildman–Crippen MR) is 101 cm³/mol. The number of nitrogens with two attached hydrogens (primary N) is 1. The Balaban J connectivity index is 1.73. The summed E-state index contributed by atoms with van der Waals surface area (Å²) in [6.45, 7) is 0.789. The average molecular weight is 444 g/mol. The van der Waals surface area contributed by atoms with Gasteiger partial charge in [0.25, 0.3) is 10.0 Å². The molecule has 1 aliphatic heterocycles. The lowest BCUT2D eigenvalue weighted by molar-refractivity contribution is -0.119. The molecule has 134 valence electrons. The maximum Gasteiger partial charge on any atom is 0.261 e. The maximum atomic E-state index is 12.8. The van der Waals surface area contributed by atoms with Gasteiger partial charge in [-0.05, 0) is 30.9 Å². The summed E-state index contributed by atoms with van der Waals surface area (Å²) in [4.78, 5) is 15.3. The molecule has 0 spiro atoms. The third kappa shape index (κ3) is 4.28. The first-order valence-corrected chi connectivity index (χ1v) is 11.0. The fourth-order valence-corrected chi connectivity index (χ4v) is 5.68. The molecule has 1 fully saturated rings. The Morgan fingerprint density at radius 2 is 1.92 bits per heavy atom. The first kappa shape index (κ1) is 18.5. The van der Waals surface area contributed by atoms with Crippen LogP contribution in [-0.4, -0.2) is 36.7 Å². The van der Waals surface area contributed by atoms with Gasteiger partial charge in [0.2, 0.25) is 5.91 Å². The molecule has 2 aromatic rings. The molecule has 1 aliphatic rings. The van der Waals surface area contributed by atoms with Crippen LogP contribution >= 0.6 is 27.3 Å². The van der Waals surface area contributed by atoms with Gasteiger partial charge in [-0.1, -0.05) is 28.1 Å². The van der Waals surface area contributed by atoms with Crippen molar-refractivity contribution in [2.24, 2.45) is 11.7 Å². The summed E-state index contributed by atoms with van der Waals surface area (Å²) in [5.74, 6) is -0.169. The van der Waals surface area contributed by atoms with E-state index in [0.717, 1.165) is 10.0 Å². The normalized spacial score (nSPS) is 16.8. The molecule has 0 atom stereocenters. The Morgan fingerprint density at radius 3 is 2.52 bits per heavy atom. The molecule has 6 nitrogen and oxygen atoms in total. The molecule has 0 saturated carbocycles. The van der Waals surface area contributed by atoms with Crippen molar-refractivity contribution in [1.82, 2.24) is 9.29 Å². The van der Waals surface area contributed by atoms with Crippen molar-refractivity contribution in [3.8, 4) is 10.6 Å². The van der Waals surface area contributed by atoms with Crippen molar-refractivity contribution < 1.29 is 13.2 Å². The third-order valence-corrected chi connectivity index (χ3v) is 7.59. The highest BCUT2D eigenvalue weighted by atomic mass is 79.9. The molecule has 3 rings (SSSR count). The molecule has 1 amide bonds. The molecular weight excluding hydrogens is 426 g/mol. The summed E-state index contributed by atoms with van der Waals surface area (Å²) in [5.41, 5.74) is 6.10. The van der Waals surface area contributed by atoms with E-state index in [0.29, 0.717) is 37.4 Å². The Labute approximate surface area is 159 Å². The van der Waals surface area contributed by atoms with E-state index in [1.165, 1.54) is 15.6 Å². The highest BCUT2D eigenvalue weighted by Gasteiger charge is 2.31. The summed E-state index contributed by atoms with van der Waals surface area (Å²) in [5, 5.41) is 2.35. The van der Waals surface area contributed by atoms with E-state index in [-0.39, 0.29) is 16.9 Å². The summed E-state index contributed by atoms with van der Waals surface area (Å²) in [6.07, 6.45) is 1.61. The van der Waals surface area contributed by atoms with Gasteiger partial charge in [0.1, 0.15) is 5.01 Å². The van der Waals surface area contributed by atoms with Gasteiger partial charge in [0, 0.05) is 34.9 Å². The second-order valence-electron chi connectivity index (χ2n) is 6.02. The number of carbonyl (C=O) groups excluding carboxylic acids is 1. The average Bonchev–Trinajstić information content (AvgIpc) is 3.06. The minimum atomic E-state index is -3.60. The van der Waals surface area contributed by atoms with Gasteiger partial charge in [0.15, 0.2) is 5.03 Å². The van der Waals surface area contributed by atoms with Crippen molar-refractivity contribution >= 4 is 43.2 Å². The number of halogens is 1. The molecule has 25 heavy (non-hydrogen) atoms. The van der Waals surface area contributed by atoms with Crippen molar-refractivity contribution in [3.05, 3.63) is 34.1 Å². The lowest BCUT2D eigenvalue weighted by Gasteiger charge is -2.30. The first-order valence-electron chi connectivity index (χ1n) is 7.86. The monoisotopic (exact) mass is 443 g/mol. The number of hydrogen-bond donors (Lipinski definition) is 1. The van der Waals surface area contributed by atoms with Gasteiger partial charge < -0.3 is 5.73 Å². The lowest BCUT2D eigenvalue weighted by atomic mass is 9.94. The zero-order valence-corrected chi connectivity index (χ0v) is 16.6. The number of aromatic nitrogens is 1. The molecule has 0 unspecified atom stereocenters. The minimum absolute atomic E-state index is 0.0868. The van der Waals surface area contributed by atoms with E-state index < -0.39 is 10.0 Å². The zero-order chi connectivity index (χ0) is 18.0. The summed E-state index contributed by atoms with van der Waals surface area (Å²) in [7, 11) is -3.60. The molecule has 1 aromatic heterocycles. The van der Waals surface area contributed by atoms with Crippen LogP contribution in [0.25, 0.3) is 10.6 Å². The van der Waals surface area contributed by atoms with Crippen LogP contribution in [-0.2, 0) is 14.8 Å². The smallest absolute Gasteiger partial charge is 0.261 e. The Bertz CT molecular complexity index is 857. The Kier molecular flexibility index (Phi) is 5.57. The number of thiazole rings is 1. The number of amides is 1. The first-order chi connectivity index (χ1) is 11.9. The Morgan fingerprint density at radius 1 is 1.28 bits per heavy atom. The van der Waals surface area contributed by atoms with Crippen LogP contribution < -0.4 is 5.73 Å². The fourth-order valence-electron chi connectivity index (χ4n) is 2.87. The third-order valence-electron chi connectivity index (χ3n) is 4.24. The highest BCUT2D eigenvalue weighted by Crippen LogP contribution is 2.30. The van der Waals surface area contributed by atoms with E-state index >= 15 is 0 Å². The second-order valence-corrected chi connectivity index (χ2v) is 9.67. The van der Waals surface area contributed by atoms with Crippen LogP contribution in [0.15, 0.2) is 39.1 Å². The van der Waals surface area contributed by atoms with Crippen molar-refractivity contribution in [2.75, 3.05) is 13.1 Å². The summed E-state index contributed by atoms with van der Waals surface area (Å²) < 4.78 is 28.0. The fraction of sp³-hybridized carbons (Fsp3) is 0.375. The van der Waals surface area contributed by atoms with E-state index in [1.807, 2.05) is 24.3 Å². The van der Waals surface area contributed by atoms with E-state index in [1.54, 1.807) is 5.38 Å². The van der Waals surface area contributed by atoms with Gasteiger partial charge in [-0.15, -0.1) is 11.3 Å². The SMILES string of the molecule is NC(=O)CC1CCN(S(=O)(=O)c2csc(-c3ccc(Br)cc3)n2)CC1. The van der Waals surface area contributed by atoms with Crippen LogP contribution in [0.5, 0.6) is 0 Å². The molecule has 0 aliphatic carbocycles. The van der Waals surface area contributed by atoms with Crippen LogP contribution in [0.1, 0.15) is 19.3 Å². The van der Waals surface area contributed by atoms with Crippen LogP contribution in [0.3, 0.4) is 0 Å². The number of sulfonamides is 1. The van der Waals surface area contributed by atoms with Crippen LogP contribution in [0.2, 0.25) is 0 Å². The van der Waals surface area contributed by atoms with E-state index in [2.05, 4.69) is 20.9 Å². The van der Waals surface area contributed by atoms with Gasteiger partial charge in [-0.2, -0.15) is 4.31 Å². The number of carbonyl (C=O) groups is 1. The molecule has 1 aromatic carbocycles. The number of piperidine rings is 1. The van der Waals surface area contributed by atoms with Crippen molar-refractivity contribution in [2.45, 2.75) is 24.3 Å². The minimum Gasteiger partial charge on any atom is -0.370 e. The standard InChI is InChI=1S/C16H18BrN3O3S2/c17-13-3-1-12(2-4-13)16-19-15(10-24-16)25(22,23)20-7-5-11(6-8-20)9-14(18)21/h1-4,10-11H,5-9H2,(H2,18,21). The largest absolute Gasteiger partial charge is 0.370 e. The van der Waals surface area contributed by atoms with Gasteiger partial charge >= 0.3 is 0 Å².